The molecule has 2 aromatic rings. The lowest BCUT2D eigenvalue weighted by molar-refractivity contribution is -0.126. The first-order valence-corrected chi connectivity index (χ1v) is 10.8. The highest BCUT2D eigenvalue weighted by Gasteiger charge is 2.35. The van der Waals surface area contributed by atoms with E-state index in [1.165, 1.54) is 11.3 Å². The molecule has 30 heavy (non-hydrogen) atoms. The lowest BCUT2D eigenvalue weighted by Crippen LogP contribution is -2.47. The molecule has 1 aromatic carbocycles. The summed E-state index contributed by atoms with van der Waals surface area (Å²) in [5.74, 6) is -0.381. The van der Waals surface area contributed by atoms with E-state index in [0.29, 0.717) is 17.0 Å². The van der Waals surface area contributed by atoms with Crippen molar-refractivity contribution in [3.8, 4) is 5.75 Å². The van der Waals surface area contributed by atoms with Crippen molar-refractivity contribution < 1.29 is 14.3 Å². The summed E-state index contributed by atoms with van der Waals surface area (Å²) in [6, 6.07) is 8.29. The van der Waals surface area contributed by atoms with Gasteiger partial charge in [0.2, 0.25) is 11.8 Å². The lowest BCUT2D eigenvalue weighted by atomic mass is 9.94. The first-order valence-electron chi connectivity index (χ1n) is 10.3. The normalized spacial score (nSPS) is 15.3. The zero-order valence-electron chi connectivity index (χ0n) is 17.4. The van der Waals surface area contributed by atoms with Crippen LogP contribution in [0, 0.1) is 6.92 Å². The maximum atomic E-state index is 13.5. The monoisotopic (exact) mass is 429 g/mol. The van der Waals surface area contributed by atoms with E-state index in [0.717, 1.165) is 31.2 Å². The molecule has 160 valence electrons. The summed E-state index contributed by atoms with van der Waals surface area (Å²) < 4.78 is 5.51. The van der Waals surface area contributed by atoms with Gasteiger partial charge < -0.3 is 10.1 Å². The number of carbonyl (C=O) groups is 2. The summed E-state index contributed by atoms with van der Waals surface area (Å²) in [7, 11) is 1.54. The van der Waals surface area contributed by atoms with Gasteiger partial charge in [-0.1, -0.05) is 31.4 Å². The number of hydrogen-bond acceptors (Lipinski definition) is 4. The van der Waals surface area contributed by atoms with Gasteiger partial charge in [-0.15, -0.1) is 11.6 Å². The lowest BCUT2D eigenvalue weighted by Gasteiger charge is -2.33. The van der Waals surface area contributed by atoms with Gasteiger partial charge in [-0.25, -0.2) is 0 Å². The average Bonchev–Trinajstić information content (AvgIpc) is 2.78. The number of nitrogens with zero attached hydrogens (tertiary/aromatic N) is 2. The Hall–Kier alpha value is -2.60. The van der Waals surface area contributed by atoms with Crippen molar-refractivity contribution in [3.05, 3.63) is 53.9 Å². The molecule has 1 heterocycles. The summed E-state index contributed by atoms with van der Waals surface area (Å²) in [4.78, 5) is 32.2. The summed E-state index contributed by atoms with van der Waals surface area (Å²) in [5.41, 5.74) is 2.07. The molecule has 1 aromatic heterocycles. The molecule has 1 aliphatic carbocycles. The van der Waals surface area contributed by atoms with E-state index >= 15 is 0 Å². The molecule has 1 N–H and O–H groups in total. The van der Waals surface area contributed by atoms with Crippen molar-refractivity contribution in [1.29, 1.82) is 0 Å². The van der Waals surface area contributed by atoms with Gasteiger partial charge in [0.05, 0.1) is 12.8 Å². The number of anilines is 1. The van der Waals surface area contributed by atoms with E-state index in [1.807, 2.05) is 19.1 Å². The fourth-order valence-corrected chi connectivity index (χ4v) is 4.08. The van der Waals surface area contributed by atoms with Crippen molar-refractivity contribution in [1.82, 2.24) is 10.3 Å². The van der Waals surface area contributed by atoms with Gasteiger partial charge >= 0.3 is 0 Å². The molecule has 1 atom stereocenters. The Morgan fingerprint density at radius 1 is 1.27 bits per heavy atom. The van der Waals surface area contributed by atoms with E-state index in [1.54, 1.807) is 37.7 Å². The average molecular weight is 430 g/mol. The van der Waals surface area contributed by atoms with Crippen LogP contribution >= 0.6 is 11.6 Å². The van der Waals surface area contributed by atoms with Crippen molar-refractivity contribution in [2.24, 2.45) is 0 Å². The molecule has 0 radical (unpaired) electrons. The molecular weight excluding hydrogens is 402 g/mol. The number of halogens is 1. The van der Waals surface area contributed by atoms with E-state index in [4.69, 9.17) is 16.3 Å². The van der Waals surface area contributed by atoms with Gasteiger partial charge in [0.1, 0.15) is 17.7 Å². The molecule has 0 aliphatic heterocycles. The predicted molar refractivity (Wildman–Crippen MR) is 118 cm³/mol. The first-order chi connectivity index (χ1) is 14.5. The highest BCUT2D eigenvalue weighted by atomic mass is 35.5. The third-order valence-electron chi connectivity index (χ3n) is 5.44. The van der Waals surface area contributed by atoms with Crippen molar-refractivity contribution >= 4 is 29.1 Å². The van der Waals surface area contributed by atoms with Crippen LogP contribution in [-0.4, -0.2) is 35.8 Å². The first kappa shape index (κ1) is 22.1. The number of aromatic nitrogens is 1. The Labute approximate surface area is 182 Å². The predicted octanol–water partition coefficient (Wildman–Crippen LogP) is 4.16. The molecule has 2 amide bonds. The minimum absolute atomic E-state index is 0.109. The third-order valence-corrected chi connectivity index (χ3v) is 5.66. The minimum Gasteiger partial charge on any atom is -0.495 e. The quantitative estimate of drug-likeness (QED) is 0.671. The summed E-state index contributed by atoms with van der Waals surface area (Å²) in [6.07, 6.45) is 8.53. The van der Waals surface area contributed by atoms with E-state index < -0.39 is 6.04 Å². The van der Waals surface area contributed by atoms with Crippen molar-refractivity contribution in [3.63, 3.8) is 0 Å². The number of nitrogens with one attached hydrogen (secondary N) is 1. The van der Waals surface area contributed by atoms with Gasteiger partial charge in [-0.05, 0) is 43.5 Å². The number of aryl methyl sites for hydroxylation is 1. The highest BCUT2D eigenvalue weighted by molar-refractivity contribution is 6.30. The Morgan fingerprint density at radius 3 is 2.67 bits per heavy atom. The SMILES string of the molecule is COc1ccc(C)cc1N(C(=O)CCl)[C@H](C(=O)NC1CCCCC1)c1cccnc1. The number of amides is 2. The molecule has 1 fully saturated rings. The number of pyridine rings is 1. The second-order valence-electron chi connectivity index (χ2n) is 7.61. The molecule has 3 rings (SSSR count). The number of alkyl halides is 1. The molecule has 0 bridgehead atoms. The van der Waals surface area contributed by atoms with Crippen LogP contribution < -0.4 is 15.0 Å². The van der Waals surface area contributed by atoms with Crippen LogP contribution in [0.1, 0.15) is 49.3 Å². The van der Waals surface area contributed by atoms with Crippen LogP contribution in [0.3, 0.4) is 0 Å². The molecule has 1 saturated carbocycles. The van der Waals surface area contributed by atoms with Crippen LogP contribution in [-0.2, 0) is 9.59 Å². The summed E-state index contributed by atoms with van der Waals surface area (Å²) in [5, 5.41) is 3.15. The van der Waals surface area contributed by atoms with Crippen LogP contribution in [0.15, 0.2) is 42.7 Å². The second kappa shape index (κ2) is 10.4. The van der Waals surface area contributed by atoms with Crippen LogP contribution in [0.25, 0.3) is 0 Å². The van der Waals surface area contributed by atoms with Gasteiger partial charge in [0.25, 0.3) is 0 Å². The summed E-state index contributed by atoms with van der Waals surface area (Å²) >= 11 is 5.98. The van der Waals surface area contributed by atoms with Crippen LogP contribution in [0.2, 0.25) is 0 Å². The Kier molecular flexibility index (Phi) is 7.69. The number of carbonyl (C=O) groups excluding carboxylic acids is 2. The molecule has 0 spiro atoms. The van der Waals surface area contributed by atoms with Gasteiger partial charge in [0.15, 0.2) is 0 Å². The molecule has 7 heteroatoms. The zero-order valence-corrected chi connectivity index (χ0v) is 18.2. The van der Waals surface area contributed by atoms with Crippen molar-refractivity contribution in [2.45, 2.75) is 51.1 Å². The maximum absolute atomic E-state index is 13.5. The highest BCUT2D eigenvalue weighted by Crippen LogP contribution is 2.36. The molecule has 6 nitrogen and oxygen atoms in total. The third kappa shape index (κ3) is 5.11. The number of ether oxygens (including phenoxy) is 1. The topological polar surface area (TPSA) is 71.5 Å². The Morgan fingerprint density at radius 2 is 2.03 bits per heavy atom. The fraction of sp³-hybridized carbons (Fsp3) is 0.435. The molecule has 0 saturated heterocycles. The summed E-state index contributed by atoms with van der Waals surface area (Å²) in [6.45, 7) is 1.92. The van der Waals surface area contributed by atoms with E-state index in [-0.39, 0.29) is 23.7 Å². The molecule has 1 aliphatic rings. The maximum Gasteiger partial charge on any atom is 0.248 e. The standard InChI is InChI=1S/C23H28ClN3O3/c1-16-10-11-20(30-2)19(13-16)27(21(28)14-24)22(17-7-6-12-25-15-17)23(29)26-18-8-4-3-5-9-18/h6-7,10-13,15,18,22H,3-5,8-9,14H2,1-2H3,(H,26,29)/t22-/m0/s1. The largest absolute Gasteiger partial charge is 0.495 e. The van der Waals surface area contributed by atoms with Crippen LogP contribution in [0.4, 0.5) is 5.69 Å². The number of benzene rings is 1. The van der Waals surface area contributed by atoms with E-state index in [9.17, 15) is 9.59 Å². The molecule has 0 unspecified atom stereocenters. The Balaban J connectivity index is 2.07. The Bertz CT molecular complexity index is 869. The van der Waals surface area contributed by atoms with Crippen LogP contribution in [0.5, 0.6) is 5.75 Å². The van der Waals surface area contributed by atoms with Gasteiger partial charge in [-0.2, -0.15) is 0 Å². The zero-order chi connectivity index (χ0) is 21.5. The molecular formula is C23H28ClN3O3. The van der Waals surface area contributed by atoms with Gasteiger partial charge in [-0.3, -0.25) is 19.5 Å². The fourth-order valence-electron chi connectivity index (χ4n) is 3.95. The number of methoxy groups -OCH3 is 1. The number of hydrogen-bond donors (Lipinski definition) is 1. The van der Waals surface area contributed by atoms with Gasteiger partial charge in [0, 0.05) is 24.0 Å². The smallest absolute Gasteiger partial charge is 0.248 e. The minimum atomic E-state index is -0.900. The van der Waals surface area contributed by atoms with E-state index in [2.05, 4.69) is 10.3 Å². The number of rotatable bonds is 7. The van der Waals surface area contributed by atoms with Crippen molar-refractivity contribution in [2.75, 3.05) is 17.9 Å². The second-order valence-corrected chi connectivity index (χ2v) is 7.87.